The van der Waals surface area contributed by atoms with Crippen LogP contribution >= 0.6 is 0 Å². The van der Waals surface area contributed by atoms with E-state index in [9.17, 15) is 0 Å². The van der Waals surface area contributed by atoms with E-state index >= 15 is 0 Å². The van der Waals surface area contributed by atoms with Crippen LogP contribution in [-0.2, 0) is 20.6 Å². The summed E-state index contributed by atoms with van der Waals surface area (Å²) < 4.78 is 17.0. The fraction of sp³-hybridized carbons (Fsp3) is 0.727. The second-order valence-corrected chi connectivity index (χ2v) is 7.23. The quantitative estimate of drug-likeness (QED) is 0.333. The van der Waals surface area contributed by atoms with Crippen molar-refractivity contribution in [2.75, 3.05) is 40.3 Å². The molecule has 0 N–H and O–H groups in total. The maximum Gasteiger partial charge on any atom is 0.285 e. The van der Waals surface area contributed by atoms with Gasteiger partial charge in [-0.3, -0.25) is 0 Å². The minimum Gasteiger partial charge on any atom is -0.378 e. The Morgan fingerprint density at radius 1 is 0.846 bits per heavy atom. The molecule has 4 heteroatoms. The molecule has 1 unspecified atom stereocenters. The van der Waals surface area contributed by atoms with E-state index in [2.05, 4.69) is 50.2 Å². The lowest BCUT2D eigenvalue weighted by molar-refractivity contribution is -0.379. The standard InChI is InChI=1S/C22H39NO3/c1-7-8-9-10-11-12-13-20(22(24-4,25-5)26-6)18-19-14-16-21(17-15-19)23(2)3/h14-17,20H,7-13,18H2,1-6H3. The van der Waals surface area contributed by atoms with E-state index in [1.165, 1.54) is 49.8 Å². The number of hydrogen-bond donors (Lipinski definition) is 0. The number of methoxy groups -OCH3 is 3. The molecule has 1 rings (SSSR count). The van der Waals surface area contributed by atoms with Crippen LogP contribution in [0.4, 0.5) is 5.69 Å². The Morgan fingerprint density at radius 3 is 1.88 bits per heavy atom. The van der Waals surface area contributed by atoms with Crippen molar-refractivity contribution in [2.45, 2.75) is 64.3 Å². The van der Waals surface area contributed by atoms with Crippen LogP contribution in [0.2, 0.25) is 0 Å². The van der Waals surface area contributed by atoms with Gasteiger partial charge in [0.15, 0.2) is 0 Å². The SMILES string of the molecule is CCCCCCCCC(Cc1ccc(N(C)C)cc1)C(OC)(OC)OC. The Balaban J connectivity index is 2.76. The van der Waals surface area contributed by atoms with Crippen molar-refractivity contribution in [1.29, 1.82) is 0 Å². The van der Waals surface area contributed by atoms with Gasteiger partial charge in [0.05, 0.1) is 0 Å². The van der Waals surface area contributed by atoms with Crippen molar-refractivity contribution in [3.63, 3.8) is 0 Å². The van der Waals surface area contributed by atoms with Crippen LogP contribution in [0, 0.1) is 5.92 Å². The third-order valence-electron chi connectivity index (χ3n) is 5.19. The Morgan fingerprint density at radius 2 is 1.38 bits per heavy atom. The molecule has 0 amide bonds. The Kier molecular flexibility index (Phi) is 10.9. The third kappa shape index (κ3) is 6.90. The average Bonchev–Trinajstić information content (AvgIpc) is 2.66. The molecule has 0 saturated carbocycles. The lowest BCUT2D eigenvalue weighted by Gasteiger charge is -2.36. The summed E-state index contributed by atoms with van der Waals surface area (Å²) in [5, 5.41) is 0. The number of hydrogen-bond acceptors (Lipinski definition) is 4. The fourth-order valence-electron chi connectivity index (χ4n) is 3.54. The molecular weight excluding hydrogens is 326 g/mol. The van der Waals surface area contributed by atoms with E-state index in [4.69, 9.17) is 14.2 Å². The Hall–Kier alpha value is -1.10. The van der Waals surface area contributed by atoms with Crippen molar-refractivity contribution in [3.05, 3.63) is 29.8 Å². The molecule has 0 aliphatic heterocycles. The second-order valence-electron chi connectivity index (χ2n) is 7.23. The highest BCUT2D eigenvalue weighted by atomic mass is 16.9. The van der Waals surface area contributed by atoms with Gasteiger partial charge in [0.25, 0.3) is 5.97 Å². The van der Waals surface area contributed by atoms with Crippen molar-refractivity contribution in [2.24, 2.45) is 5.92 Å². The number of ether oxygens (including phenoxy) is 3. The maximum atomic E-state index is 5.68. The van der Waals surface area contributed by atoms with Crippen LogP contribution in [0.5, 0.6) is 0 Å². The predicted molar refractivity (Wildman–Crippen MR) is 110 cm³/mol. The number of unbranched alkanes of at least 4 members (excludes halogenated alkanes) is 5. The zero-order valence-corrected chi connectivity index (χ0v) is 17.7. The summed E-state index contributed by atoms with van der Waals surface area (Å²) in [5.74, 6) is -0.831. The van der Waals surface area contributed by atoms with Gasteiger partial charge < -0.3 is 19.1 Å². The van der Waals surface area contributed by atoms with Crippen molar-refractivity contribution in [1.82, 2.24) is 0 Å². The predicted octanol–water partition coefficient (Wildman–Crippen LogP) is 5.25. The van der Waals surface area contributed by atoms with Gasteiger partial charge in [-0.15, -0.1) is 0 Å². The molecule has 4 nitrogen and oxygen atoms in total. The van der Waals surface area contributed by atoms with E-state index in [0.29, 0.717) is 0 Å². The van der Waals surface area contributed by atoms with E-state index in [0.717, 1.165) is 12.8 Å². The van der Waals surface area contributed by atoms with E-state index < -0.39 is 5.97 Å². The molecule has 1 aromatic rings. The molecule has 1 atom stereocenters. The molecule has 0 fully saturated rings. The number of anilines is 1. The minimum atomic E-state index is -0.983. The summed E-state index contributed by atoms with van der Waals surface area (Å²) in [6.07, 6.45) is 9.57. The van der Waals surface area contributed by atoms with Crippen LogP contribution in [0.3, 0.4) is 0 Å². The Bertz CT molecular complexity index is 461. The van der Waals surface area contributed by atoms with Gasteiger partial charge in [0, 0.05) is 47.0 Å². The second kappa shape index (κ2) is 12.3. The van der Waals surface area contributed by atoms with Gasteiger partial charge in [0.2, 0.25) is 0 Å². The van der Waals surface area contributed by atoms with Crippen LogP contribution in [-0.4, -0.2) is 41.4 Å². The number of nitrogens with zero attached hydrogens (tertiary/aromatic N) is 1. The van der Waals surface area contributed by atoms with Gasteiger partial charge in [0.1, 0.15) is 0 Å². The van der Waals surface area contributed by atoms with Crippen LogP contribution in [0.15, 0.2) is 24.3 Å². The topological polar surface area (TPSA) is 30.9 Å². The highest BCUT2D eigenvalue weighted by molar-refractivity contribution is 5.46. The Labute approximate surface area is 160 Å². The summed E-state index contributed by atoms with van der Waals surface area (Å²) in [6, 6.07) is 8.70. The molecule has 0 bridgehead atoms. The lowest BCUT2D eigenvalue weighted by atomic mass is 9.90. The highest BCUT2D eigenvalue weighted by Crippen LogP contribution is 2.32. The normalized spacial score (nSPS) is 13.0. The lowest BCUT2D eigenvalue weighted by Crippen LogP contribution is -2.45. The van der Waals surface area contributed by atoms with Crippen LogP contribution < -0.4 is 4.90 Å². The molecule has 0 heterocycles. The average molecular weight is 366 g/mol. The monoisotopic (exact) mass is 365 g/mol. The van der Waals surface area contributed by atoms with Gasteiger partial charge >= 0.3 is 0 Å². The summed E-state index contributed by atoms with van der Waals surface area (Å²) in [7, 11) is 9.10. The van der Waals surface area contributed by atoms with Crippen LogP contribution in [0.1, 0.15) is 57.4 Å². The largest absolute Gasteiger partial charge is 0.378 e. The molecule has 0 aliphatic carbocycles. The van der Waals surface area contributed by atoms with Gasteiger partial charge in [-0.2, -0.15) is 0 Å². The van der Waals surface area contributed by atoms with Gasteiger partial charge in [-0.25, -0.2) is 0 Å². The molecule has 0 aliphatic rings. The zero-order chi connectivity index (χ0) is 19.4. The van der Waals surface area contributed by atoms with Crippen molar-refractivity contribution < 1.29 is 14.2 Å². The number of rotatable bonds is 14. The zero-order valence-electron chi connectivity index (χ0n) is 17.7. The number of benzene rings is 1. The molecule has 0 aromatic heterocycles. The molecule has 1 aromatic carbocycles. The fourth-order valence-corrected chi connectivity index (χ4v) is 3.54. The van der Waals surface area contributed by atoms with E-state index in [1.54, 1.807) is 21.3 Å². The third-order valence-corrected chi connectivity index (χ3v) is 5.19. The first kappa shape index (κ1) is 22.9. The van der Waals surface area contributed by atoms with Crippen molar-refractivity contribution in [3.8, 4) is 0 Å². The first-order valence-electron chi connectivity index (χ1n) is 9.94. The summed E-state index contributed by atoms with van der Waals surface area (Å²) in [4.78, 5) is 2.11. The minimum absolute atomic E-state index is 0.152. The first-order chi connectivity index (χ1) is 12.5. The summed E-state index contributed by atoms with van der Waals surface area (Å²) in [5.41, 5.74) is 2.49. The van der Waals surface area contributed by atoms with Crippen molar-refractivity contribution >= 4 is 5.69 Å². The molecule has 26 heavy (non-hydrogen) atoms. The smallest absolute Gasteiger partial charge is 0.285 e. The molecule has 0 radical (unpaired) electrons. The molecule has 0 spiro atoms. The maximum absolute atomic E-state index is 5.68. The van der Waals surface area contributed by atoms with Gasteiger partial charge in [-0.05, 0) is 30.5 Å². The van der Waals surface area contributed by atoms with Crippen LogP contribution in [0.25, 0.3) is 0 Å². The highest BCUT2D eigenvalue weighted by Gasteiger charge is 2.39. The molecule has 150 valence electrons. The van der Waals surface area contributed by atoms with E-state index in [1.807, 2.05) is 0 Å². The summed E-state index contributed by atoms with van der Waals surface area (Å²) >= 11 is 0. The van der Waals surface area contributed by atoms with E-state index in [-0.39, 0.29) is 5.92 Å². The molecule has 0 saturated heterocycles. The first-order valence-corrected chi connectivity index (χ1v) is 9.94. The van der Waals surface area contributed by atoms with Gasteiger partial charge in [-0.1, -0.05) is 57.6 Å². The summed E-state index contributed by atoms with van der Waals surface area (Å²) in [6.45, 7) is 2.25. The molecular formula is C22H39NO3.